The van der Waals surface area contributed by atoms with Gasteiger partial charge >= 0.3 is 0 Å². The van der Waals surface area contributed by atoms with Crippen molar-refractivity contribution in [3.8, 4) is 0 Å². The molecular weight excluding hydrogens is 410 g/mol. The summed E-state index contributed by atoms with van der Waals surface area (Å²) in [4.78, 5) is 15.2. The predicted molar refractivity (Wildman–Crippen MR) is 125 cm³/mol. The summed E-state index contributed by atoms with van der Waals surface area (Å²) in [5, 5.41) is 2.93. The van der Waals surface area contributed by atoms with Crippen molar-refractivity contribution in [2.45, 2.75) is 38.0 Å². The van der Waals surface area contributed by atoms with Gasteiger partial charge in [0.15, 0.2) is 0 Å². The molecule has 2 aromatic carbocycles. The Morgan fingerprint density at radius 1 is 1.10 bits per heavy atom. The van der Waals surface area contributed by atoms with Gasteiger partial charge in [0.1, 0.15) is 0 Å². The number of hydrogen-bond donors (Lipinski definition) is 1. The fourth-order valence-electron chi connectivity index (χ4n) is 3.90. The Hall–Kier alpha value is -2.38. The van der Waals surface area contributed by atoms with Crippen LogP contribution >= 0.6 is 0 Å². The minimum Gasteiger partial charge on any atom is -0.352 e. The zero-order valence-electron chi connectivity index (χ0n) is 18.5. The lowest BCUT2D eigenvalue weighted by Crippen LogP contribution is -2.35. The number of carbonyl (C=O) groups is 1. The molecule has 6 nitrogen and oxygen atoms in total. The molecule has 0 bridgehead atoms. The summed E-state index contributed by atoms with van der Waals surface area (Å²) in [6.45, 7) is 8.21. The number of carbonyl (C=O) groups excluding carboxylic acids is 1. The van der Waals surface area contributed by atoms with E-state index in [4.69, 9.17) is 0 Å². The smallest absolute Gasteiger partial charge is 0.264 e. The number of anilines is 1. The zero-order chi connectivity index (χ0) is 22.3. The van der Waals surface area contributed by atoms with Gasteiger partial charge in [0, 0.05) is 18.7 Å². The summed E-state index contributed by atoms with van der Waals surface area (Å²) >= 11 is 0. The van der Waals surface area contributed by atoms with Crippen LogP contribution in [0.2, 0.25) is 0 Å². The van der Waals surface area contributed by atoms with E-state index in [9.17, 15) is 13.2 Å². The molecule has 1 aliphatic heterocycles. The predicted octanol–water partition coefficient (Wildman–Crippen LogP) is 3.75. The first kappa shape index (κ1) is 23.3. The van der Waals surface area contributed by atoms with Crippen molar-refractivity contribution in [2.75, 3.05) is 37.0 Å². The second-order valence-corrected chi connectivity index (χ2v) is 10.0. The second kappa shape index (κ2) is 10.8. The first-order valence-corrected chi connectivity index (χ1v) is 12.5. The monoisotopic (exact) mass is 443 g/mol. The summed E-state index contributed by atoms with van der Waals surface area (Å²) in [5.41, 5.74) is 0.962. The van der Waals surface area contributed by atoms with Crippen LogP contribution in [-0.4, -0.2) is 51.9 Å². The Labute approximate surface area is 186 Å². The van der Waals surface area contributed by atoms with Gasteiger partial charge in [-0.1, -0.05) is 31.2 Å². The molecule has 1 heterocycles. The molecule has 1 aliphatic rings. The molecule has 0 aromatic heterocycles. The number of rotatable bonds is 9. The molecule has 7 heteroatoms. The molecule has 0 aliphatic carbocycles. The average Bonchev–Trinajstić information content (AvgIpc) is 2.79. The SMILES string of the molecule is CCN(c1ccccc1)S(=O)(=O)c1cccc(C(=O)NCCCN2CCC(C)CC2)c1. The van der Waals surface area contributed by atoms with Gasteiger partial charge in [-0.05, 0) is 82.1 Å². The molecule has 0 saturated carbocycles. The molecular formula is C24H33N3O3S. The highest BCUT2D eigenvalue weighted by molar-refractivity contribution is 7.92. The van der Waals surface area contributed by atoms with E-state index in [-0.39, 0.29) is 10.8 Å². The molecule has 31 heavy (non-hydrogen) atoms. The van der Waals surface area contributed by atoms with Crippen LogP contribution in [0.1, 0.15) is 43.5 Å². The van der Waals surface area contributed by atoms with E-state index in [0.29, 0.717) is 24.3 Å². The molecule has 1 N–H and O–H groups in total. The van der Waals surface area contributed by atoms with Crippen molar-refractivity contribution >= 4 is 21.6 Å². The van der Waals surface area contributed by atoms with E-state index in [0.717, 1.165) is 32.0 Å². The van der Waals surface area contributed by atoms with Gasteiger partial charge in [-0.15, -0.1) is 0 Å². The molecule has 0 radical (unpaired) electrons. The lowest BCUT2D eigenvalue weighted by Gasteiger charge is -2.30. The van der Waals surface area contributed by atoms with Crippen molar-refractivity contribution in [1.82, 2.24) is 10.2 Å². The molecule has 0 spiro atoms. The maximum Gasteiger partial charge on any atom is 0.264 e. The highest BCUT2D eigenvalue weighted by Gasteiger charge is 2.24. The van der Waals surface area contributed by atoms with Gasteiger partial charge in [0.25, 0.3) is 15.9 Å². The summed E-state index contributed by atoms with van der Waals surface area (Å²) in [6.07, 6.45) is 3.37. The van der Waals surface area contributed by atoms with E-state index in [1.54, 1.807) is 31.2 Å². The molecule has 1 amide bonds. The molecule has 1 fully saturated rings. The topological polar surface area (TPSA) is 69.7 Å². The highest BCUT2D eigenvalue weighted by atomic mass is 32.2. The van der Waals surface area contributed by atoms with Gasteiger partial charge in [-0.2, -0.15) is 0 Å². The quantitative estimate of drug-likeness (QED) is 0.599. The average molecular weight is 444 g/mol. The number of amides is 1. The van der Waals surface area contributed by atoms with Crippen LogP contribution in [0.15, 0.2) is 59.5 Å². The summed E-state index contributed by atoms with van der Waals surface area (Å²) in [5.74, 6) is 0.567. The molecule has 1 saturated heterocycles. The van der Waals surface area contributed by atoms with Crippen LogP contribution in [0.4, 0.5) is 5.69 Å². The summed E-state index contributed by atoms with van der Waals surface area (Å²) in [6, 6.07) is 15.3. The number of hydrogen-bond acceptors (Lipinski definition) is 4. The Morgan fingerprint density at radius 2 is 1.81 bits per heavy atom. The third-order valence-corrected chi connectivity index (χ3v) is 7.73. The fraction of sp³-hybridized carbons (Fsp3) is 0.458. The zero-order valence-corrected chi connectivity index (χ0v) is 19.3. The van der Waals surface area contributed by atoms with E-state index >= 15 is 0 Å². The molecule has 0 atom stereocenters. The van der Waals surface area contributed by atoms with Crippen molar-refractivity contribution in [3.63, 3.8) is 0 Å². The number of piperidine rings is 1. The number of para-hydroxylation sites is 1. The van der Waals surface area contributed by atoms with Crippen molar-refractivity contribution in [2.24, 2.45) is 5.92 Å². The summed E-state index contributed by atoms with van der Waals surface area (Å²) in [7, 11) is -3.76. The van der Waals surface area contributed by atoms with Crippen LogP contribution in [0.5, 0.6) is 0 Å². The van der Waals surface area contributed by atoms with Crippen LogP contribution in [-0.2, 0) is 10.0 Å². The Bertz CT molecular complexity index is 955. The summed E-state index contributed by atoms with van der Waals surface area (Å²) < 4.78 is 27.7. The van der Waals surface area contributed by atoms with Crippen molar-refractivity contribution in [3.05, 3.63) is 60.2 Å². The largest absolute Gasteiger partial charge is 0.352 e. The lowest BCUT2D eigenvalue weighted by molar-refractivity contribution is 0.0950. The Balaban J connectivity index is 1.60. The first-order valence-electron chi connectivity index (χ1n) is 11.1. The number of nitrogens with one attached hydrogen (secondary N) is 1. The Morgan fingerprint density at radius 3 is 2.48 bits per heavy atom. The van der Waals surface area contributed by atoms with E-state index in [2.05, 4.69) is 17.1 Å². The number of benzene rings is 2. The second-order valence-electron chi connectivity index (χ2n) is 8.17. The van der Waals surface area contributed by atoms with E-state index < -0.39 is 10.0 Å². The van der Waals surface area contributed by atoms with Crippen molar-refractivity contribution in [1.29, 1.82) is 0 Å². The molecule has 0 unspecified atom stereocenters. The maximum atomic E-state index is 13.2. The van der Waals surface area contributed by atoms with Crippen LogP contribution in [0, 0.1) is 5.92 Å². The van der Waals surface area contributed by atoms with Gasteiger partial charge in [0.2, 0.25) is 0 Å². The van der Waals surface area contributed by atoms with Gasteiger partial charge in [-0.25, -0.2) is 8.42 Å². The third-order valence-electron chi connectivity index (χ3n) is 5.83. The molecule has 2 aromatic rings. The minimum absolute atomic E-state index is 0.119. The van der Waals surface area contributed by atoms with E-state index in [1.165, 1.54) is 29.3 Å². The van der Waals surface area contributed by atoms with Crippen LogP contribution in [0.25, 0.3) is 0 Å². The van der Waals surface area contributed by atoms with Gasteiger partial charge < -0.3 is 10.2 Å². The molecule has 168 valence electrons. The number of likely N-dealkylation sites (tertiary alicyclic amines) is 1. The van der Waals surface area contributed by atoms with Crippen LogP contribution < -0.4 is 9.62 Å². The first-order chi connectivity index (χ1) is 14.9. The van der Waals surface area contributed by atoms with Gasteiger partial charge in [0.05, 0.1) is 10.6 Å². The normalized spacial score (nSPS) is 15.5. The third kappa shape index (κ3) is 6.08. The van der Waals surface area contributed by atoms with Crippen molar-refractivity contribution < 1.29 is 13.2 Å². The minimum atomic E-state index is -3.76. The Kier molecular flexibility index (Phi) is 8.09. The van der Waals surface area contributed by atoms with E-state index in [1.807, 2.05) is 18.2 Å². The number of sulfonamides is 1. The standard InChI is InChI=1S/C24H33N3O3S/c1-3-27(22-10-5-4-6-11-22)31(29,30)23-12-7-9-21(19-23)24(28)25-15-8-16-26-17-13-20(2)14-18-26/h4-7,9-12,19-20H,3,8,13-18H2,1-2H3,(H,25,28). The number of nitrogens with zero attached hydrogens (tertiary/aromatic N) is 2. The van der Waals surface area contributed by atoms with Gasteiger partial charge in [-0.3, -0.25) is 9.10 Å². The fourth-order valence-corrected chi connectivity index (χ4v) is 5.42. The maximum absolute atomic E-state index is 13.2. The molecule has 3 rings (SSSR count). The van der Waals surface area contributed by atoms with Crippen LogP contribution in [0.3, 0.4) is 0 Å². The highest BCUT2D eigenvalue weighted by Crippen LogP contribution is 2.24. The lowest BCUT2D eigenvalue weighted by atomic mass is 9.99.